The lowest BCUT2D eigenvalue weighted by molar-refractivity contribution is 0.448. The van der Waals surface area contributed by atoms with E-state index in [1.165, 1.54) is 30.5 Å². The molecule has 1 fully saturated rings. The van der Waals surface area contributed by atoms with Crippen molar-refractivity contribution in [1.82, 2.24) is 10.3 Å². The summed E-state index contributed by atoms with van der Waals surface area (Å²) < 4.78 is 0. The maximum Gasteiger partial charge on any atom is 0.0342 e. The second kappa shape index (κ2) is 3.78. The molecule has 1 aliphatic heterocycles. The molecule has 2 heteroatoms. The number of hydrogen-bond acceptors (Lipinski definition) is 2. The molecule has 78 valence electrons. The highest BCUT2D eigenvalue weighted by Gasteiger charge is 2.28. The van der Waals surface area contributed by atoms with E-state index in [0.29, 0.717) is 0 Å². The van der Waals surface area contributed by atoms with Crippen molar-refractivity contribution in [1.29, 1.82) is 0 Å². The van der Waals surface area contributed by atoms with Gasteiger partial charge in [0.1, 0.15) is 0 Å². The monoisotopic (exact) mass is 200 g/mol. The summed E-state index contributed by atoms with van der Waals surface area (Å²) in [5.41, 5.74) is 2.80. The maximum atomic E-state index is 4.19. The van der Waals surface area contributed by atoms with Crippen molar-refractivity contribution in [3.05, 3.63) is 36.2 Å². The Morgan fingerprint density at radius 3 is 3.20 bits per heavy atom. The summed E-state index contributed by atoms with van der Waals surface area (Å²) >= 11 is 0. The summed E-state index contributed by atoms with van der Waals surface area (Å²) in [7, 11) is 0. The Bertz CT molecular complexity index is 369. The smallest absolute Gasteiger partial charge is 0.0342 e. The molecule has 15 heavy (non-hydrogen) atoms. The standard InChI is InChI=1S/C13H16N2/c1-2-11(7-14-5-1)10-3-4-12-8-15-9-13(12)6-10/h1-2,5-7,12-13,15H,3-4,8-9H2/t12-,13+/m1/s1. The Labute approximate surface area is 90.4 Å². The molecule has 1 aromatic rings. The third-order valence-corrected chi connectivity index (χ3v) is 3.62. The quantitative estimate of drug-likeness (QED) is 0.751. The number of aromatic nitrogens is 1. The molecular formula is C13H16N2. The molecule has 1 aromatic heterocycles. The number of nitrogens with one attached hydrogen (secondary N) is 1. The second-order valence-corrected chi connectivity index (χ2v) is 4.55. The molecule has 0 saturated carbocycles. The second-order valence-electron chi connectivity index (χ2n) is 4.55. The molecule has 2 aliphatic rings. The normalized spacial score (nSPS) is 29.7. The first-order valence-corrected chi connectivity index (χ1v) is 5.75. The Balaban J connectivity index is 1.88. The Kier molecular flexibility index (Phi) is 2.29. The molecule has 0 aromatic carbocycles. The molecule has 0 unspecified atom stereocenters. The highest BCUT2D eigenvalue weighted by Crippen LogP contribution is 2.35. The first-order valence-electron chi connectivity index (χ1n) is 5.75. The van der Waals surface area contributed by atoms with Gasteiger partial charge >= 0.3 is 0 Å². The van der Waals surface area contributed by atoms with Crippen LogP contribution in [-0.4, -0.2) is 18.1 Å². The zero-order valence-electron chi connectivity index (χ0n) is 8.82. The van der Waals surface area contributed by atoms with Gasteiger partial charge in [-0.1, -0.05) is 12.1 Å². The van der Waals surface area contributed by atoms with Gasteiger partial charge in [-0.25, -0.2) is 0 Å². The molecule has 2 atom stereocenters. The lowest BCUT2D eigenvalue weighted by Gasteiger charge is -2.23. The summed E-state index contributed by atoms with van der Waals surface area (Å²) in [6.07, 6.45) is 8.83. The number of rotatable bonds is 1. The fourth-order valence-electron chi connectivity index (χ4n) is 2.74. The fraction of sp³-hybridized carbons (Fsp3) is 0.462. The molecule has 1 N–H and O–H groups in total. The van der Waals surface area contributed by atoms with Gasteiger partial charge in [0, 0.05) is 18.9 Å². The van der Waals surface area contributed by atoms with Crippen LogP contribution < -0.4 is 5.32 Å². The molecular weight excluding hydrogens is 184 g/mol. The van der Waals surface area contributed by atoms with E-state index in [2.05, 4.69) is 22.4 Å². The van der Waals surface area contributed by atoms with Gasteiger partial charge in [-0.05, 0) is 48.4 Å². The average molecular weight is 200 g/mol. The van der Waals surface area contributed by atoms with Gasteiger partial charge in [0.25, 0.3) is 0 Å². The third kappa shape index (κ3) is 1.70. The van der Waals surface area contributed by atoms with Crippen molar-refractivity contribution in [3.8, 4) is 0 Å². The van der Waals surface area contributed by atoms with Crippen molar-refractivity contribution in [3.63, 3.8) is 0 Å². The van der Waals surface area contributed by atoms with Crippen LogP contribution in [0.5, 0.6) is 0 Å². The number of nitrogens with zero attached hydrogens (tertiary/aromatic N) is 1. The van der Waals surface area contributed by atoms with Crippen LogP contribution in [0.2, 0.25) is 0 Å². The molecule has 0 bridgehead atoms. The Hall–Kier alpha value is -1.15. The summed E-state index contributed by atoms with van der Waals surface area (Å²) in [4.78, 5) is 4.19. The number of pyridine rings is 1. The van der Waals surface area contributed by atoms with Crippen LogP contribution in [0.3, 0.4) is 0 Å². The van der Waals surface area contributed by atoms with Crippen LogP contribution in [-0.2, 0) is 0 Å². The van der Waals surface area contributed by atoms with E-state index in [-0.39, 0.29) is 0 Å². The van der Waals surface area contributed by atoms with Crippen LogP contribution in [0.1, 0.15) is 18.4 Å². The summed E-state index contributed by atoms with van der Waals surface area (Å²) in [6, 6.07) is 4.19. The van der Waals surface area contributed by atoms with Gasteiger partial charge in [0.2, 0.25) is 0 Å². The van der Waals surface area contributed by atoms with Gasteiger partial charge < -0.3 is 5.32 Å². The third-order valence-electron chi connectivity index (χ3n) is 3.62. The van der Waals surface area contributed by atoms with E-state index in [1.54, 1.807) is 0 Å². The largest absolute Gasteiger partial charge is 0.316 e. The van der Waals surface area contributed by atoms with Gasteiger partial charge in [-0.3, -0.25) is 4.98 Å². The van der Waals surface area contributed by atoms with Crippen LogP contribution >= 0.6 is 0 Å². The first kappa shape index (κ1) is 9.10. The molecule has 1 saturated heterocycles. The van der Waals surface area contributed by atoms with Gasteiger partial charge in [0.15, 0.2) is 0 Å². The molecule has 0 spiro atoms. The fourth-order valence-corrected chi connectivity index (χ4v) is 2.74. The lowest BCUT2D eigenvalue weighted by Crippen LogP contribution is -2.15. The van der Waals surface area contributed by atoms with Crippen molar-refractivity contribution in [2.75, 3.05) is 13.1 Å². The Morgan fingerprint density at radius 2 is 2.33 bits per heavy atom. The number of allylic oxidation sites excluding steroid dienone is 1. The van der Waals surface area contributed by atoms with E-state index in [1.807, 2.05) is 18.5 Å². The van der Waals surface area contributed by atoms with Crippen LogP contribution in [0.4, 0.5) is 0 Å². The molecule has 1 aliphatic carbocycles. The average Bonchev–Trinajstić information content (AvgIpc) is 2.77. The molecule has 0 amide bonds. The van der Waals surface area contributed by atoms with Crippen molar-refractivity contribution in [2.24, 2.45) is 11.8 Å². The zero-order valence-corrected chi connectivity index (χ0v) is 8.82. The molecule has 3 rings (SSSR count). The highest BCUT2D eigenvalue weighted by atomic mass is 14.9. The van der Waals surface area contributed by atoms with Crippen molar-refractivity contribution >= 4 is 5.57 Å². The van der Waals surface area contributed by atoms with Gasteiger partial charge in [-0.15, -0.1) is 0 Å². The van der Waals surface area contributed by atoms with E-state index in [0.717, 1.165) is 18.4 Å². The minimum atomic E-state index is 0.758. The maximum absolute atomic E-state index is 4.19. The zero-order chi connectivity index (χ0) is 10.1. The van der Waals surface area contributed by atoms with Gasteiger partial charge in [0.05, 0.1) is 0 Å². The van der Waals surface area contributed by atoms with Crippen LogP contribution in [0.25, 0.3) is 5.57 Å². The predicted molar refractivity (Wildman–Crippen MR) is 61.3 cm³/mol. The van der Waals surface area contributed by atoms with E-state index >= 15 is 0 Å². The molecule has 0 radical (unpaired) electrons. The summed E-state index contributed by atoms with van der Waals surface area (Å²) in [6.45, 7) is 2.37. The molecule has 2 heterocycles. The van der Waals surface area contributed by atoms with Crippen LogP contribution in [0, 0.1) is 11.8 Å². The van der Waals surface area contributed by atoms with Crippen molar-refractivity contribution < 1.29 is 0 Å². The van der Waals surface area contributed by atoms with E-state index in [4.69, 9.17) is 0 Å². The predicted octanol–water partition coefficient (Wildman–Crippen LogP) is 2.09. The minimum absolute atomic E-state index is 0.758. The highest BCUT2D eigenvalue weighted by molar-refractivity contribution is 5.66. The van der Waals surface area contributed by atoms with Crippen molar-refractivity contribution in [2.45, 2.75) is 12.8 Å². The van der Waals surface area contributed by atoms with E-state index < -0.39 is 0 Å². The van der Waals surface area contributed by atoms with Crippen LogP contribution in [0.15, 0.2) is 30.6 Å². The number of fused-ring (bicyclic) bond motifs is 1. The Morgan fingerprint density at radius 1 is 1.33 bits per heavy atom. The van der Waals surface area contributed by atoms with E-state index in [9.17, 15) is 0 Å². The topological polar surface area (TPSA) is 24.9 Å². The summed E-state index contributed by atoms with van der Waals surface area (Å²) in [5.74, 6) is 1.64. The molecule has 2 nitrogen and oxygen atoms in total. The lowest BCUT2D eigenvalue weighted by atomic mass is 9.81. The summed E-state index contributed by atoms with van der Waals surface area (Å²) in [5, 5.41) is 3.48. The van der Waals surface area contributed by atoms with Gasteiger partial charge in [-0.2, -0.15) is 0 Å². The first-order chi connectivity index (χ1) is 7.43. The minimum Gasteiger partial charge on any atom is -0.316 e. The number of hydrogen-bond donors (Lipinski definition) is 1. The SMILES string of the molecule is C1=C(c2cccnc2)CC[C@@H]2CNC[C@H]12.